The van der Waals surface area contributed by atoms with Gasteiger partial charge in [0.1, 0.15) is 0 Å². The number of benzene rings is 1. The van der Waals surface area contributed by atoms with Gasteiger partial charge >= 0.3 is 0 Å². The van der Waals surface area contributed by atoms with Crippen LogP contribution in [0, 0.1) is 17.0 Å². The van der Waals surface area contributed by atoms with Crippen LogP contribution in [0.1, 0.15) is 5.69 Å². The smallest absolute Gasteiger partial charge is 0.258 e. The van der Waals surface area contributed by atoms with Gasteiger partial charge in [0.25, 0.3) is 5.69 Å². The summed E-state index contributed by atoms with van der Waals surface area (Å²) in [5, 5.41) is 11.6. The van der Waals surface area contributed by atoms with E-state index >= 15 is 0 Å². The Balaban J connectivity index is 2.58. The lowest BCUT2D eigenvalue weighted by Gasteiger charge is -2.06. The minimum atomic E-state index is -0.394. The maximum Gasteiger partial charge on any atom is 0.270 e. The van der Waals surface area contributed by atoms with Gasteiger partial charge in [-0.3, -0.25) is 15.1 Å². The Hall–Kier alpha value is -1.33. The van der Waals surface area contributed by atoms with Crippen LogP contribution in [0.25, 0.3) is 10.9 Å². The highest BCUT2D eigenvalue weighted by atomic mass is 35.5. The molecule has 0 aliphatic rings. The van der Waals surface area contributed by atoms with E-state index in [0.717, 1.165) is 27.2 Å². The molecule has 0 spiro atoms. The first kappa shape index (κ1) is 13.1. The fraction of sp³-hybridized carbons (Fsp3) is 0.250. The summed E-state index contributed by atoms with van der Waals surface area (Å²) in [6.45, 7) is 1.91. The molecule has 18 heavy (non-hydrogen) atoms. The highest BCUT2D eigenvalue weighted by Gasteiger charge is 2.10. The van der Waals surface area contributed by atoms with Gasteiger partial charge in [0.05, 0.1) is 10.4 Å². The molecule has 1 aromatic carbocycles. The Bertz CT molecular complexity index is 604. The Morgan fingerprint density at radius 1 is 1.44 bits per heavy atom. The predicted molar refractivity (Wildman–Crippen MR) is 74.6 cm³/mol. The number of nitrogens with zero attached hydrogens (tertiary/aromatic N) is 2. The van der Waals surface area contributed by atoms with Gasteiger partial charge in [-0.25, -0.2) is 0 Å². The molecular weight excluding hydrogens is 272 g/mol. The van der Waals surface area contributed by atoms with Crippen LogP contribution in [0.3, 0.4) is 0 Å². The second-order valence-electron chi connectivity index (χ2n) is 3.76. The molecule has 2 rings (SSSR count). The Kier molecular flexibility index (Phi) is 4.04. The summed E-state index contributed by atoms with van der Waals surface area (Å²) in [5.41, 5.74) is 1.76. The number of aryl methyl sites for hydroxylation is 1. The third kappa shape index (κ3) is 2.73. The fourth-order valence-electron chi connectivity index (χ4n) is 1.69. The standard InChI is InChI=1S/C12H11ClN2O2S/c1-8-6-12(18-5-4-13)10-7-9(15(16)17)2-3-11(10)14-8/h2-3,6-7H,4-5H2,1H3. The average molecular weight is 283 g/mol. The molecule has 0 radical (unpaired) electrons. The number of rotatable bonds is 4. The molecular formula is C12H11ClN2O2S. The van der Waals surface area contributed by atoms with E-state index in [1.54, 1.807) is 23.9 Å². The summed E-state index contributed by atoms with van der Waals surface area (Å²) in [4.78, 5) is 15.8. The Morgan fingerprint density at radius 2 is 2.22 bits per heavy atom. The molecule has 6 heteroatoms. The minimum Gasteiger partial charge on any atom is -0.258 e. The molecule has 2 aromatic rings. The summed E-state index contributed by atoms with van der Waals surface area (Å²) < 4.78 is 0. The van der Waals surface area contributed by atoms with Crippen LogP contribution in [0.5, 0.6) is 0 Å². The van der Waals surface area contributed by atoms with Gasteiger partial charge < -0.3 is 0 Å². The normalized spacial score (nSPS) is 10.8. The van der Waals surface area contributed by atoms with Crippen LogP contribution in [0.4, 0.5) is 5.69 Å². The monoisotopic (exact) mass is 282 g/mol. The largest absolute Gasteiger partial charge is 0.270 e. The zero-order valence-corrected chi connectivity index (χ0v) is 11.3. The lowest BCUT2D eigenvalue weighted by atomic mass is 10.2. The van der Waals surface area contributed by atoms with Crippen molar-refractivity contribution < 1.29 is 4.92 Å². The van der Waals surface area contributed by atoms with Gasteiger partial charge in [0.15, 0.2) is 0 Å². The molecule has 0 bridgehead atoms. The van der Waals surface area contributed by atoms with E-state index in [1.165, 1.54) is 6.07 Å². The molecule has 0 atom stereocenters. The number of non-ortho nitro benzene ring substituents is 1. The predicted octanol–water partition coefficient (Wildman–Crippen LogP) is 3.78. The van der Waals surface area contributed by atoms with Gasteiger partial charge in [-0.2, -0.15) is 0 Å². The first-order chi connectivity index (χ1) is 8.61. The van der Waals surface area contributed by atoms with Crippen LogP contribution in [0.2, 0.25) is 0 Å². The van der Waals surface area contributed by atoms with Gasteiger partial charge in [-0.15, -0.1) is 23.4 Å². The van der Waals surface area contributed by atoms with E-state index in [0.29, 0.717) is 5.88 Å². The van der Waals surface area contributed by atoms with E-state index in [2.05, 4.69) is 4.98 Å². The van der Waals surface area contributed by atoms with Gasteiger partial charge in [-0.1, -0.05) is 0 Å². The van der Waals surface area contributed by atoms with Crippen molar-refractivity contribution in [2.24, 2.45) is 0 Å². The molecule has 0 N–H and O–H groups in total. The van der Waals surface area contributed by atoms with E-state index in [1.807, 2.05) is 13.0 Å². The molecule has 94 valence electrons. The lowest BCUT2D eigenvalue weighted by Crippen LogP contribution is -1.92. The highest BCUT2D eigenvalue weighted by molar-refractivity contribution is 7.99. The summed E-state index contributed by atoms with van der Waals surface area (Å²) in [7, 11) is 0. The minimum absolute atomic E-state index is 0.0841. The van der Waals surface area contributed by atoms with Crippen molar-refractivity contribution >= 4 is 40.0 Å². The topological polar surface area (TPSA) is 56.0 Å². The van der Waals surface area contributed by atoms with Crippen LogP contribution in [0.15, 0.2) is 29.2 Å². The number of hydrogen-bond donors (Lipinski definition) is 0. The lowest BCUT2D eigenvalue weighted by molar-refractivity contribution is -0.384. The van der Waals surface area contributed by atoms with Crippen molar-refractivity contribution in [3.05, 3.63) is 40.1 Å². The number of nitro groups is 1. The van der Waals surface area contributed by atoms with E-state index < -0.39 is 4.92 Å². The quantitative estimate of drug-likeness (QED) is 0.371. The molecule has 1 aromatic heterocycles. The Morgan fingerprint density at radius 3 is 2.89 bits per heavy atom. The molecule has 1 heterocycles. The van der Waals surface area contributed by atoms with Crippen molar-refractivity contribution in [3.8, 4) is 0 Å². The number of aromatic nitrogens is 1. The van der Waals surface area contributed by atoms with Crippen molar-refractivity contribution in [3.63, 3.8) is 0 Å². The van der Waals surface area contributed by atoms with Crippen LogP contribution >= 0.6 is 23.4 Å². The summed E-state index contributed by atoms with van der Waals surface area (Å²) in [5.74, 6) is 1.31. The van der Waals surface area contributed by atoms with Crippen molar-refractivity contribution in [2.45, 2.75) is 11.8 Å². The SMILES string of the molecule is Cc1cc(SCCCl)c2cc([N+](=O)[O-])ccc2n1. The van der Waals surface area contributed by atoms with Gasteiger partial charge in [-0.05, 0) is 19.1 Å². The van der Waals surface area contributed by atoms with Crippen molar-refractivity contribution in [2.75, 3.05) is 11.6 Å². The van der Waals surface area contributed by atoms with Crippen LogP contribution in [-0.2, 0) is 0 Å². The molecule has 0 fully saturated rings. The zero-order chi connectivity index (χ0) is 13.1. The van der Waals surface area contributed by atoms with E-state index in [4.69, 9.17) is 11.6 Å². The molecule has 0 unspecified atom stereocenters. The summed E-state index contributed by atoms with van der Waals surface area (Å²) >= 11 is 7.27. The first-order valence-corrected chi connectivity index (χ1v) is 6.88. The first-order valence-electron chi connectivity index (χ1n) is 5.36. The number of thioether (sulfide) groups is 1. The van der Waals surface area contributed by atoms with Crippen molar-refractivity contribution in [1.29, 1.82) is 0 Å². The second-order valence-corrected chi connectivity index (χ2v) is 5.27. The van der Waals surface area contributed by atoms with E-state index in [9.17, 15) is 10.1 Å². The summed E-state index contributed by atoms with van der Waals surface area (Å²) in [6.07, 6.45) is 0. The third-order valence-corrected chi connectivity index (χ3v) is 3.90. The number of halogens is 1. The van der Waals surface area contributed by atoms with Crippen molar-refractivity contribution in [1.82, 2.24) is 4.98 Å². The molecule has 0 aliphatic heterocycles. The molecule has 0 saturated heterocycles. The van der Waals surface area contributed by atoms with Crippen LogP contribution < -0.4 is 0 Å². The number of alkyl halides is 1. The zero-order valence-electron chi connectivity index (χ0n) is 9.72. The van der Waals surface area contributed by atoms with E-state index in [-0.39, 0.29) is 5.69 Å². The number of nitro benzene ring substituents is 1. The average Bonchev–Trinajstić information content (AvgIpc) is 2.35. The molecule has 0 amide bonds. The molecule has 0 saturated carbocycles. The van der Waals surface area contributed by atoms with Crippen LogP contribution in [-0.4, -0.2) is 21.5 Å². The second kappa shape index (κ2) is 5.54. The number of pyridine rings is 1. The Labute approximate surface area is 114 Å². The van der Waals surface area contributed by atoms with Gasteiger partial charge in [0, 0.05) is 39.7 Å². The third-order valence-electron chi connectivity index (χ3n) is 2.43. The maximum atomic E-state index is 10.8. The fourth-order valence-corrected chi connectivity index (χ4v) is 2.79. The maximum absolute atomic E-state index is 10.8. The van der Waals surface area contributed by atoms with Gasteiger partial charge in [0.2, 0.25) is 0 Å². The number of hydrogen-bond acceptors (Lipinski definition) is 4. The number of fused-ring (bicyclic) bond motifs is 1. The highest BCUT2D eigenvalue weighted by Crippen LogP contribution is 2.30. The molecule has 0 aliphatic carbocycles. The molecule has 4 nitrogen and oxygen atoms in total. The summed E-state index contributed by atoms with van der Waals surface area (Å²) in [6, 6.07) is 6.66.